The molecular formula is C22H35N7O2Si. The van der Waals surface area contributed by atoms with Crippen LogP contribution in [0, 0.1) is 6.92 Å². The van der Waals surface area contributed by atoms with E-state index < -0.39 is 8.07 Å². The minimum absolute atomic E-state index is 0.188. The van der Waals surface area contributed by atoms with Crippen LogP contribution >= 0.6 is 0 Å². The molecule has 0 aliphatic rings. The summed E-state index contributed by atoms with van der Waals surface area (Å²) < 4.78 is 9.55. The van der Waals surface area contributed by atoms with Crippen LogP contribution in [0.3, 0.4) is 0 Å². The van der Waals surface area contributed by atoms with Crippen LogP contribution < -0.4 is 10.6 Å². The highest BCUT2D eigenvalue weighted by atomic mass is 28.3. The number of anilines is 2. The third-order valence-electron chi connectivity index (χ3n) is 5.02. The van der Waals surface area contributed by atoms with Gasteiger partial charge in [0.1, 0.15) is 18.1 Å². The number of nitrogens with zero attached hydrogens (tertiary/aromatic N) is 5. The summed E-state index contributed by atoms with van der Waals surface area (Å²) >= 11 is 0. The Bertz CT molecular complexity index is 1110. The maximum Gasteiger partial charge on any atom is 0.255 e. The Morgan fingerprint density at radius 3 is 2.53 bits per heavy atom. The maximum atomic E-state index is 13.0. The van der Waals surface area contributed by atoms with Crippen LogP contribution in [0.15, 0.2) is 18.6 Å². The van der Waals surface area contributed by atoms with Gasteiger partial charge in [0.2, 0.25) is 0 Å². The number of hydrogen-bond donors (Lipinski definition) is 2. The lowest BCUT2D eigenvalue weighted by molar-refractivity contribution is 0.0886. The van der Waals surface area contributed by atoms with Gasteiger partial charge in [-0.3, -0.25) is 9.48 Å². The van der Waals surface area contributed by atoms with Gasteiger partial charge >= 0.3 is 0 Å². The molecule has 3 heterocycles. The molecule has 0 radical (unpaired) electrons. The molecular weight excluding hydrogens is 422 g/mol. The number of rotatable bonds is 8. The molecule has 0 aromatic carbocycles. The molecule has 0 saturated carbocycles. The van der Waals surface area contributed by atoms with Crippen molar-refractivity contribution in [2.24, 2.45) is 7.05 Å². The van der Waals surface area contributed by atoms with E-state index in [-0.39, 0.29) is 11.4 Å². The van der Waals surface area contributed by atoms with Crippen LogP contribution in [0.25, 0.3) is 11.2 Å². The summed E-state index contributed by atoms with van der Waals surface area (Å²) in [4.78, 5) is 22.3. The molecule has 3 rings (SSSR count). The molecule has 9 nitrogen and oxygen atoms in total. The first kappa shape index (κ1) is 23.9. The van der Waals surface area contributed by atoms with Gasteiger partial charge in [-0.2, -0.15) is 5.10 Å². The summed E-state index contributed by atoms with van der Waals surface area (Å²) in [5, 5.41) is 10.5. The van der Waals surface area contributed by atoms with Crippen molar-refractivity contribution in [3.05, 3.63) is 29.8 Å². The van der Waals surface area contributed by atoms with Gasteiger partial charge in [0, 0.05) is 33.5 Å². The fourth-order valence-electron chi connectivity index (χ4n) is 3.09. The number of ether oxygens (including phenoxy) is 1. The van der Waals surface area contributed by atoms with Gasteiger partial charge in [0.25, 0.3) is 5.91 Å². The standard InChI is InChI=1S/C22H35N7O2Si/c1-15-17(11-24-28(15)5)25-18-12-23-20-19(26-18)16(21(30)27-22(2,3)4)13-29(20)14-31-9-10-32(6,7)8/h11-13H,9-10,14H2,1-8H3,(H,25,26)(H,27,30). The number of nitrogens with one attached hydrogen (secondary N) is 2. The molecule has 10 heteroatoms. The number of aryl methyl sites for hydroxylation is 1. The molecule has 0 unspecified atom stereocenters. The van der Waals surface area contributed by atoms with Gasteiger partial charge in [-0.1, -0.05) is 19.6 Å². The van der Waals surface area contributed by atoms with Crippen LogP contribution in [-0.2, 0) is 18.5 Å². The van der Waals surface area contributed by atoms with Gasteiger partial charge in [-0.15, -0.1) is 0 Å². The van der Waals surface area contributed by atoms with Gasteiger partial charge in [-0.05, 0) is 33.7 Å². The van der Waals surface area contributed by atoms with Crippen LogP contribution in [0.5, 0.6) is 0 Å². The van der Waals surface area contributed by atoms with E-state index in [1.807, 2.05) is 39.3 Å². The Kier molecular flexibility index (Phi) is 6.75. The number of fused-ring (bicyclic) bond motifs is 1. The minimum atomic E-state index is -1.18. The van der Waals surface area contributed by atoms with Gasteiger partial charge in [0.15, 0.2) is 5.65 Å². The summed E-state index contributed by atoms with van der Waals surface area (Å²) in [7, 11) is 0.704. The van der Waals surface area contributed by atoms with Crippen molar-refractivity contribution in [1.82, 2.24) is 29.6 Å². The topological polar surface area (TPSA) is 98.9 Å². The van der Waals surface area contributed by atoms with Gasteiger partial charge in [-0.25, -0.2) is 9.97 Å². The Labute approximate surface area is 190 Å². The van der Waals surface area contributed by atoms with E-state index in [4.69, 9.17) is 9.72 Å². The number of aromatic nitrogens is 5. The van der Waals surface area contributed by atoms with Crippen LogP contribution in [0.1, 0.15) is 36.8 Å². The molecule has 32 heavy (non-hydrogen) atoms. The van der Waals surface area contributed by atoms with E-state index in [9.17, 15) is 4.79 Å². The molecule has 174 valence electrons. The average molecular weight is 458 g/mol. The maximum absolute atomic E-state index is 13.0. The predicted molar refractivity (Wildman–Crippen MR) is 130 cm³/mol. The molecule has 0 saturated heterocycles. The third kappa shape index (κ3) is 5.95. The van der Waals surface area contributed by atoms with E-state index in [0.717, 1.165) is 17.4 Å². The number of carbonyl (C=O) groups is 1. The monoisotopic (exact) mass is 457 g/mol. The summed E-state index contributed by atoms with van der Waals surface area (Å²) in [5.41, 5.74) is 3.08. The zero-order chi connectivity index (χ0) is 23.7. The molecule has 0 bridgehead atoms. The Morgan fingerprint density at radius 1 is 1.22 bits per heavy atom. The van der Waals surface area contributed by atoms with Crippen LogP contribution in [0.4, 0.5) is 11.5 Å². The quantitative estimate of drug-likeness (QED) is 0.391. The summed E-state index contributed by atoms with van der Waals surface area (Å²) in [6, 6.07) is 1.08. The van der Waals surface area contributed by atoms with Crippen LogP contribution in [0.2, 0.25) is 25.7 Å². The fraction of sp³-hybridized carbons (Fsp3) is 0.545. The van der Waals surface area contributed by atoms with E-state index >= 15 is 0 Å². The molecule has 3 aromatic heterocycles. The van der Waals surface area contributed by atoms with Crippen molar-refractivity contribution < 1.29 is 9.53 Å². The molecule has 1 amide bonds. The SMILES string of the molecule is Cc1c(Nc2cnc3c(n2)c(C(=O)NC(C)(C)C)cn3COCC[Si](C)(C)C)cnn1C. The molecule has 3 aromatic rings. The zero-order valence-corrected chi connectivity index (χ0v) is 21.4. The Balaban J connectivity index is 1.92. The van der Waals surface area contributed by atoms with Gasteiger partial charge < -0.3 is 19.9 Å². The first-order chi connectivity index (χ1) is 14.8. The number of amides is 1. The molecule has 0 spiro atoms. The lowest BCUT2D eigenvalue weighted by atomic mass is 10.1. The summed E-state index contributed by atoms with van der Waals surface area (Å²) in [6.07, 6.45) is 5.18. The first-order valence-corrected chi connectivity index (χ1v) is 14.6. The zero-order valence-electron chi connectivity index (χ0n) is 20.4. The van der Waals surface area contributed by atoms with E-state index in [0.29, 0.717) is 35.9 Å². The van der Waals surface area contributed by atoms with E-state index in [1.54, 1.807) is 23.3 Å². The van der Waals surface area contributed by atoms with Crippen molar-refractivity contribution in [1.29, 1.82) is 0 Å². The first-order valence-electron chi connectivity index (χ1n) is 10.9. The second-order valence-corrected chi connectivity index (χ2v) is 16.0. The molecule has 0 aliphatic carbocycles. The van der Waals surface area contributed by atoms with Crippen molar-refractivity contribution in [3.8, 4) is 0 Å². The molecule has 0 atom stereocenters. The summed E-state index contributed by atoms with van der Waals surface area (Å²) in [6.45, 7) is 15.8. The minimum Gasteiger partial charge on any atom is -0.361 e. The Morgan fingerprint density at radius 2 is 1.94 bits per heavy atom. The largest absolute Gasteiger partial charge is 0.361 e. The molecule has 0 aliphatic heterocycles. The highest BCUT2D eigenvalue weighted by Crippen LogP contribution is 2.23. The van der Waals surface area contributed by atoms with E-state index in [1.165, 1.54) is 0 Å². The van der Waals surface area contributed by atoms with Crippen molar-refractivity contribution in [2.75, 3.05) is 11.9 Å². The number of hydrogen-bond acceptors (Lipinski definition) is 6. The van der Waals surface area contributed by atoms with Crippen molar-refractivity contribution in [2.45, 2.75) is 65.6 Å². The van der Waals surface area contributed by atoms with Gasteiger partial charge in [0.05, 0.1) is 29.3 Å². The summed E-state index contributed by atoms with van der Waals surface area (Å²) in [5.74, 6) is 0.364. The molecule has 2 N–H and O–H groups in total. The molecule has 0 fully saturated rings. The Hall–Kier alpha value is -2.72. The second-order valence-electron chi connectivity index (χ2n) is 10.4. The predicted octanol–water partition coefficient (Wildman–Crippen LogP) is 4.06. The van der Waals surface area contributed by atoms with Crippen molar-refractivity contribution >= 4 is 36.7 Å². The number of carbonyl (C=O) groups excluding carboxylic acids is 1. The normalized spacial score (nSPS) is 12.4. The smallest absolute Gasteiger partial charge is 0.255 e. The lowest BCUT2D eigenvalue weighted by Crippen LogP contribution is -2.40. The highest BCUT2D eigenvalue weighted by Gasteiger charge is 2.22. The average Bonchev–Trinajstić information content (AvgIpc) is 3.18. The lowest BCUT2D eigenvalue weighted by Gasteiger charge is -2.20. The second kappa shape index (κ2) is 9.03. The van der Waals surface area contributed by atoms with E-state index in [2.05, 4.69) is 40.4 Å². The highest BCUT2D eigenvalue weighted by molar-refractivity contribution is 6.76. The van der Waals surface area contributed by atoms with Crippen molar-refractivity contribution in [3.63, 3.8) is 0 Å². The third-order valence-corrected chi connectivity index (χ3v) is 6.73. The fourth-order valence-corrected chi connectivity index (χ4v) is 3.84. The van der Waals surface area contributed by atoms with Crippen LogP contribution in [-0.4, -0.2) is 50.4 Å².